The lowest BCUT2D eigenvalue weighted by atomic mass is 9.84. The van der Waals surface area contributed by atoms with E-state index in [1.807, 2.05) is 24.0 Å². The van der Waals surface area contributed by atoms with Crippen LogP contribution in [0.25, 0.3) is 0 Å². The van der Waals surface area contributed by atoms with E-state index < -0.39 is 0 Å². The Kier molecular flexibility index (Phi) is 4.00. The zero-order valence-corrected chi connectivity index (χ0v) is 14.6. The molecule has 0 aliphatic carbocycles. The predicted octanol–water partition coefficient (Wildman–Crippen LogP) is 2.21. The Morgan fingerprint density at radius 2 is 2.28 bits per heavy atom. The van der Waals surface area contributed by atoms with Gasteiger partial charge in [-0.1, -0.05) is 0 Å². The molecule has 2 aromatic heterocycles. The molecule has 0 aromatic carbocycles. The second-order valence-electron chi connectivity index (χ2n) is 7.23. The normalized spacial score (nSPS) is 22.2. The van der Waals surface area contributed by atoms with Gasteiger partial charge in [-0.25, -0.2) is 0 Å². The Morgan fingerprint density at radius 3 is 2.96 bits per heavy atom. The molecule has 2 fully saturated rings. The maximum atomic E-state index is 12.6. The lowest BCUT2D eigenvalue weighted by Crippen LogP contribution is -2.68. The number of aromatic nitrogens is 1. The summed E-state index contributed by atoms with van der Waals surface area (Å²) in [6.07, 6.45) is 6.11. The summed E-state index contributed by atoms with van der Waals surface area (Å²) < 4.78 is 11.1. The van der Waals surface area contributed by atoms with Crippen LogP contribution in [0.1, 0.15) is 22.5 Å². The van der Waals surface area contributed by atoms with Crippen LogP contribution in [-0.4, -0.2) is 59.5 Å². The van der Waals surface area contributed by atoms with Gasteiger partial charge in [-0.3, -0.25) is 14.7 Å². The van der Waals surface area contributed by atoms with Crippen molar-refractivity contribution < 1.29 is 13.9 Å². The van der Waals surface area contributed by atoms with Crippen LogP contribution in [0.3, 0.4) is 0 Å². The van der Waals surface area contributed by atoms with E-state index in [0.29, 0.717) is 23.8 Å². The molecule has 6 nitrogen and oxygen atoms in total. The SMILES string of the molecule is Cc1occc1C(=O)N1CC2(CC(COc3cccnc3)CN2C)C1. The van der Waals surface area contributed by atoms with E-state index >= 15 is 0 Å². The lowest BCUT2D eigenvalue weighted by Gasteiger charge is -2.51. The van der Waals surface area contributed by atoms with E-state index in [2.05, 4.69) is 16.9 Å². The Hall–Kier alpha value is -2.34. The maximum Gasteiger partial charge on any atom is 0.257 e. The molecule has 4 rings (SSSR count). The molecule has 132 valence electrons. The maximum absolute atomic E-state index is 12.6. The van der Waals surface area contributed by atoms with E-state index in [4.69, 9.17) is 9.15 Å². The smallest absolute Gasteiger partial charge is 0.257 e. The fourth-order valence-corrected chi connectivity index (χ4v) is 4.05. The zero-order chi connectivity index (χ0) is 17.4. The van der Waals surface area contributed by atoms with Crippen LogP contribution in [0.15, 0.2) is 41.3 Å². The number of aryl methyl sites for hydroxylation is 1. The Bertz CT molecular complexity index is 752. The highest BCUT2D eigenvalue weighted by atomic mass is 16.5. The van der Waals surface area contributed by atoms with Crippen molar-refractivity contribution in [2.75, 3.05) is 33.3 Å². The number of likely N-dealkylation sites (N-methyl/N-ethyl adjacent to an activating group) is 1. The number of nitrogens with zero attached hydrogens (tertiary/aromatic N) is 3. The van der Waals surface area contributed by atoms with Gasteiger partial charge >= 0.3 is 0 Å². The third kappa shape index (κ3) is 2.91. The molecule has 0 bridgehead atoms. The number of hydrogen-bond donors (Lipinski definition) is 0. The summed E-state index contributed by atoms with van der Waals surface area (Å²) in [5.74, 6) is 2.04. The summed E-state index contributed by atoms with van der Waals surface area (Å²) in [7, 11) is 2.15. The van der Waals surface area contributed by atoms with Gasteiger partial charge in [0.15, 0.2) is 0 Å². The monoisotopic (exact) mass is 341 g/mol. The minimum absolute atomic E-state index is 0.0698. The molecule has 2 aliphatic rings. The number of amides is 1. The minimum atomic E-state index is 0.0698. The van der Waals surface area contributed by atoms with E-state index in [1.165, 1.54) is 0 Å². The third-order valence-electron chi connectivity index (χ3n) is 5.48. The molecular formula is C19H23N3O3. The van der Waals surface area contributed by atoms with Crippen molar-refractivity contribution in [3.05, 3.63) is 48.2 Å². The molecule has 2 aliphatic heterocycles. The van der Waals surface area contributed by atoms with E-state index in [0.717, 1.165) is 31.8 Å². The zero-order valence-electron chi connectivity index (χ0n) is 14.6. The Morgan fingerprint density at radius 1 is 1.44 bits per heavy atom. The summed E-state index contributed by atoms with van der Waals surface area (Å²) >= 11 is 0. The first-order valence-electron chi connectivity index (χ1n) is 8.65. The summed E-state index contributed by atoms with van der Waals surface area (Å²) in [5, 5.41) is 0. The van der Waals surface area contributed by atoms with Crippen molar-refractivity contribution >= 4 is 5.91 Å². The largest absolute Gasteiger partial charge is 0.492 e. The molecule has 2 aromatic rings. The summed E-state index contributed by atoms with van der Waals surface area (Å²) in [6, 6.07) is 5.56. The number of hydrogen-bond acceptors (Lipinski definition) is 5. The van der Waals surface area contributed by atoms with E-state index in [-0.39, 0.29) is 11.4 Å². The van der Waals surface area contributed by atoms with Gasteiger partial charge in [-0.15, -0.1) is 0 Å². The highest BCUT2D eigenvalue weighted by molar-refractivity contribution is 5.95. The molecule has 1 spiro atoms. The standard InChI is InChI=1S/C19H23N3O3/c1-14-17(5-7-24-14)18(23)22-12-19(13-22)8-15(10-21(19)2)11-25-16-4-3-6-20-9-16/h3-7,9,15H,8,10-13H2,1-2H3. The fraction of sp³-hybridized carbons (Fsp3) is 0.474. The molecule has 2 saturated heterocycles. The average Bonchev–Trinajstić information content (AvgIpc) is 3.15. The van der Waals surface area contributed by atoms with Gasteiger partial charge in [0.1, 0.15) is 11.5 Å². The number of rotatable bonds is 4. The Balaban J connectivity index is 1.33. The van der Waals surface area contributed by atoms with Gasteiger partial charge in [0.2, 0.25) is 0 Å². The number of pyridine rings is 1. The van der Waals surface area contributed by atoms with Crippen LogP contribution in [0.5, 0.6) is 5.75 Å². The topological polar surface area (TPSA) is 58.8 Å². The van der Waals surface area contributed by atoms with Crippen LogP contribution in [-0.2, 0) is 0 Å². The van der Waals surface area contributed by atoms with Crippen LogP contribution in [0, 0.1) is 12.8 Å². The van der Waals surface area contributed by atoms with Crippen molar-refractivity contribution in [1.29, 1.82) is 0 Å². The first-order valence-corrected chi connectivity index (χ1v) is 8.65. The van der Waals surface area contributed by atoms with Crippen molar-refractivity contribution in [1.82, 2.24) is 14.8 Å². The predicted molar refractivity (Wildman–Crippen MR) is 92.5 cm³/mol. The quantitative estimate of drug-likeness (QED) is 0.853. The summed E-state index contributed by atoms with van der Waals surface area (Å²) in [6.45, 7) is 5.06. The molecule has 25 heavy (non-hydrogen) atoms. The lowest BCUT2D eigenvalue weighted by molar-refractivity contribution is -0.00781. The van der Waals surface area contributed by atoms with Crippen LogP contribution < -0.4 is 4.74 Å². The first kappa shape index (κ1) is 16.1. The Labute approximate surface area is 147 Å². The van der Waals surface area contributed by atoms with Gasteiger partial charge in [-0.2, -0.15) is 0 Å². The minimum Gasteiger partial charge on any atom is -0.492 e. The number of carbonyl (C=O) groups excluding carboxylic acids is 1. The average molecular weight is 341 g/mol. The molecule has 0 saturated carbocycles. The molecular weight excluding hydrogens is 318 g/mol. The van der Waals surface area contributed by atoms with E-state index in [1.54, 1.807) is 24.7 Å². The molecule has 1 unspecified atom stereocenters. The van der Waals surface area contributed by atoms with Crippen LogP contribution >= 0.6 is 0 Å². The van der Waals surface area contributed by atoms with Gasteiger partial charge in [0.25, 0.3) is 5.91 Å². The van der Waals surface area contributed by atoms with Gasteiger partial charge in [-0.05, 0) is 38.6 Å². The van der Waals surface area contributed by atoms with Gasteiger partial charge in [0, 0.05) is 31.7 Å². The molecule has 1 amide bonds. The summed E-state index contributed by atoms with van der Waals surface area (Å²) in [4.78, 5) is 20.9. The third-order valence-corrected chi connectivity index (χ3v) is 5.48. The first-order chi connectivity index (χ1) is 12.1. The molecule has 6 heteroatoms. The van der Waals surface area contributed by atoms with Gasteiger partial charge < -0.3 is 14.1 Å². The highest BCUT2D eigenvalue weighted by Crippen LogP contribution is 2.40. The molecule has 0 N–H and O–H groups in total. The van der Waals surface area contributed by atoms with Crippen molar-refractivity contribution in [2.24, 2.45) is 5.92 Å². The molecule has 1 atom stereocenters. The number of furan rings is 1. The second kappa shape index (κ2) is 6.19. The second-order valence-corrected chi connectivity index (χ2v) is 7.23. The van der Waals surface area contributed by atoms with Crippen molar-refractivity contribution in [3.63, 3.8) is 0 Å². The number of ether oxygens (including phenoxy) is 1. The van der Waals surface area contributed by atoms with Gasteiger partial charge in [0.05, 0.1) is 30.2 Å². The highest BCUT2D eigenvalue weighted by Gasteiger charge is 2.53. The van der Waals surface area contributed by atoms with Crippen LogP contribution in [0.4, 0.5) is 0 Å². The number of likely N-dealkylation sites (tertiary alicyclic amines) is 2. The van der Waals surface area contributed by atoms with Crippen LogP contribution in [0.2, 0.25) is 0 Å². The number of carbonyl (C=O) groups is 1. The fourth-order valence-electron chi connectivity index (χ4n) is 4.05. The summed E-state index contributed by atoms with van der Waals surface area (Å²) in [5.41, 5.74) is 0.767. The molecule has 0 radical (unpaired) electrons. The van der Waals surface area contributed by atoms with Crippen molar-refractivity contribution in [3.8, 4) is 5.75 Å². The van der Waals surface area contributed by atoms with E-state index in [9.17, 15) is 4.79 Å². The van der Waals surface area contributed by atoms with Crippen molar-refractivity contribution in [2.45, 2.75) is 18.9 Å². The molecule has 4 heterocycles.